The van der Waals surface area contributed by atoms with Gasteiger partial charge in [0.25, 0.3) is 0 Å². The van der Waals surface area contributed by atoms with E-state index in [9.17, 15) is 8.78 Å². The number of anilines is 1. The lowest BCUT2D eigenvalue weighted by atomic mass is 10.2. The second-order valence-corrected chi connectivity index (χ2v) is 5.39. The predicted octanol–water partition coefficient (Wildman–Crippen LogP) is 2.96. The first-order valence-corrected chi connectivity index (χ1v) is 7.14. The number of H-pyrrole nitrogens is 1. The monoisotopic (exact) mass is 326 g/mol. The molecule has 0 saturated heterocycles. The molecule has 0 fully saturated rings. The molecule has 4 aromatic rings. The summed E-state index contributed by atoms with van der Waals surface area (Å²) in [6.07, 6.45) is 4.93. The molecule has 0 unspecified atom stereocenters. The number of aryl methyl sites for hydroxylation is 1. The van der Waals surface area contributed by atoms with E-state index in [1.165, 1.54) is 6.20 Å². The van der Waals surface area contributed by atoms with E-state index in [1.54, 1.807) is 16.8 Å². The van der Waals surface area contributed by atoms with Crippen LogP contribution in [-0.2, 0) is 0 Å². The summed E-state index contributed by atoms with van der Waals surface area (Å²) in [5.41, 5.74) is 8.16. The maximum Gasteiger partial charge on any atom is 0.168 e. The number of halogens is 2. The topological polar surface area (TPSA) is 84.9 Å². The Hall–Kier alpha value is -3.29. The smallest absolute Gasteiger partial charge is 0.168 e. The third kappa shape index (κ3) is 2.19. The maximum absolute atomic E-state index is 14.1. The first-order chi connectivity index (χ1) is 11.5. The molecule has 4 aromatic heterocycles. The van der Waals surface area contributed by atoms with Gasteiger partial charge in [-0.3, -0.25) is 4.40 Å². The molecule has 0 saturated carbocycles. The number of aromatic amines is 1. The van der Waals surface area contributed by atoms with Crippen molar-refractivity contribution in [2.24, 2.45) is 0 Å². The van der Waals surface area contributed by atoms with E-state index >= 15 is 0 Å². The number of nitrogens with one attached hydrogen (secondary N) is 1. The van der Waals surface area contributed by atoms with Crippen LogP contribution in [0.25, 0.3) is 28.4 Å². The first kappa shape index (κ1) is 14.3. The van der Waals surface area contributed by atoms with E-state index < -0.39 is 11.6 Å². The quantitative estimate of drug-likeness (QED) is 0.593. The lowest BCUT2D eigenvalue weighted by Gasteiger charge is -2.05. The number of rotatable bonds is 2. The molecule has 8 heteroatoms. The minimum atomic E-state index is -0.888. The summed E-state index contributed by atoms with van der Waals surface area (Å²) in [5, 5.41) is 0. The Morgan fingerprint density at radius 2 is 1.96 bits per heavy atom. The number of nitrogens with two attached hydrogens (primary N) is 1. The number of fused-ring (bicyclic) bond motifs is 1. The molecule has 0 atom stereocenters. The van der Waals surface area contributed by atoms with Crippen molar-refractivity contribution < 1.29 is 8.78 Å². The van der Waals surface area contributed by atoms with Gasteiger partial charge in [-0.2, -0.15) is 0 Å². The molecule has 0 bridgehead atoms. The Morgan fingerprint density at radius 3 is 2.71 bits per heavy atom. The molecular weight excluding hydrogens is 314 g/mol. The van der Waals surface area contributed by atoms with Crippen molar-refractivity contribution in [2.75, 3.05) is 5.73 Å². The third-order valence-electron chi connectivity index (χ3n) is 3.69. The van der Waals surface area contributed by atoms with Gasteiger partial charge in [0.1, 0.15) is 17.2 Å². The van der Waals surface area contributed by atoms with Gasteiger partial charge in [-0.25, -0.2) is 23.7 Å². The molecule has 0 aromatic carbocycles. The Kier molecular flexibility index (Phi) is 3.05. The standard InChI is InChI=1S/C16H12F2N6/c1-8-6-21-16(22-8)9-2-3-24-12(7-20-13(24)4-9)14-10(17)5-11(18)15(19)23-14/h2-7H,1H3,(H2,19,23)(H,21,22). The molecule has 0 spiro atoms. The van der Waals surface area contributed by atoms with Gasteiger partial charge >= 0.3 is 0 Å². The van der Waals surface area contributed by atoms with E-state index in [0.717, 1.165) is 23.1 Å². The number of imidazole rings is 2. The van der Waals surface area contributed by atoms with Crippen LogP contribution in [0.1, 0.15) is 5.69 Å². The Balaban J connectivity index is 1.86. The van der Waals surface area contributed by atoms with Gasteiger partial charge in [0.2, 0.25) is 0 Å². The molecule has 4 rings (SSSR count). The van der Waals surface area contributed by atoms with Crippen molar-refractivity contribution in [3.63, 3.8) is 0 Å². The summed E-state index contributed by atoms with van der Waals surface area (Å²) in [6.45, 7) is 1.91. The fraction of sp³-hybridized carbons (Fsp3) is 0.0625. The lowest BCUT2D eigenvalue weighted by Crippen LogP contribution is -2.01. The normalized spacial score (nSPS) is 11.3. The van der Waals surface area contributed by atoms with E-state index in [4.69, 9.17) is 5.73 Å². The minimum absolute atomic E-state index is 0.0528. The molecule has 0 aliphatic rings. The first-order valence-electron chi connectivity index (χ1n) is 7.14. The molecule has 4 heterocycles. The Labute approximate surface area is 135 Å². The molecule has 120 valence electrons. The fourth-order valence-electron chi connectivity index (χ4n) is 2.52. The zero-order valence-corrected chi connectivity index (χ0v) is 12.6. The number of hydrogen-bond acceptors (Lipinski definition) is 4. The zero-order chi connectivity index (χ0) is 16.8. The van der Waals surface area contributed by atoms with Crippen molar-refractivity contribution in [1.82, 2.24) is 24.3 Å². The van der Waals surface area contributed by atoms with Gasteiger partial charge < -0.3 is 10.7 Å². The fourth-order valence-corrected chi connectivity index (χ4v) is 2.52. The van der Waals surface area contributed by atoms with Crippen LogP contribution in [0.4, 0.5) is 14.6 Å². The Morgan fingerprint density at radius 1 is 1.12 bits per heavy atom. The number of nitrogen functional groups attached to an aromatic ring is 1. The van der Waals surface area contributed by atoms with Crippen LogP contribution in [0, 0.1) is 18.6 Å². The van der Waals surface area contributed by atoms with Crippen LogP contribution in [0.2, 0.25) is 0 Å². The second-order valence-electron chi connectivity index (χ2n) is 5.39. The lowest BCUT2D eigenvalue weighted by molar-refractivity contribution is 0.579. The summed E-state index contributed by atoms with van der Waals surface area (Å²) in [7, 11) is 0. The second kappa shape index (κ2) is 5.12. The van der Waals surface area contributed by atoms with Crippen LogP contribution in [0.15, 0.2) is 36.8 Å². The van der Waals surface area contributed by atoms with Crippen LogP contribution in [0.3, 0.4) is 0 Å². The molecule has 6 nitrogen and oxygen atoms in total. The summed E-state index contributed by atoms with van der Waals surface area (Å²) < 4.78 is 29.0. The number of nitrogens with zero attached hydrogens (tertiary/aromatic N) is 4. The van der Waals surface area contributed by atoms with E-state index in [-0.39, 0.29) is 11.5 Å². The van der Waals surface area contributed by atoms with Crippen molar-refractivity contribution in [3.05, 3.63) is 54.1 Å². The van der Waals surface area contributed by atoms with Gasteiger partial charge in [-0.15, -0.1) is 0 Å². The van der Waals surface area contributed by atoms with Gasteiger partial charge in [-0.05, 0) is 19.1 Å². The summed E-state index contributed by atoms with van der Waals surface area (Å²) in [5.74, 6) is -1.33. The molecule has 24 heavy (non-hydrogen) atoms. The predicted molar refractivity (Wildman–Crippen MR) is 85.1 cm³/mol. The van der Waals surface area contributed by atoms with E-state index in [0.29, 0.717) is 11.3 Å². The molecule has 0 amide bonds. The molecular formula is C16H12F2N6. The number of pyridine rings is 2. The minimum Gasteiger partial charge on any atom is -0.381 e. The highest BCUT2D eigenvalue weighted by atomic mass is 19.1. The summed E-state index contributed by atoms with van der Waals surface area (Å²) >= 11 is 0. The van der Waals surface area contributed by atoms with E-state index in [1.807, 2.05) is 19.1 Å². The molecule has 3 N–H and O–H groups in total. The van der Waals surface area contributed by atoms with Crippen LogP contribution in [0.5, 0.6) is 0 Å². The van der Waals surface area contributed by atoms with Crippen molar-refractivity contribution in [1.29, 1.82) is 0 Å². The molecule has 0 radical (unpaired) electrons. The average Bonchev–Trinajstić information content (AvgIpc) is 3.16. The number of hydrogen-bond donors (Lipinski definition) is 2. The van der Waals surface area contributed by atoms with Crippen LogP contribution >= 0.6 is 0 Å². The van der Waals surface area contributed by atoms with E-state index in [2.05, 4.69) is 19.9 Å². The third-order valence-corrected chi connectivity index (χ3v) is 3.69. The highest BCUT2D eigenvalue weighted by Gasteiger charge is 2.16. The van der Waals surface area contributed by atoms with Gasteiger partial charge in [0.15, 0.2) is 17.5 Å². The van der Waals surface area contributed by atoms with Crippen LogP contribution in [-0.4, -0.2) is 24.3 Å². The zero-order valence-electron chi connectivity index (χ0n) is 12.6. The maximum atomic E-state index is 14.1. The summed E-state index contributed by atoms with van der Waals surface area (Å²) in [4.78, 5) is 15.5. The van der Waals surface area contributed by atoms with Crippen molar-refractivity contribution in [3.8, 4) is 22.8 Å². The number of aromatic nitrogens is 5. The van der Waals surface area contributed by atoms with Gasteiger partial charge in [0, 0.05) is 29.7 Å². The van der Waals surface area contributed by atoms with Crippen molar-refractivity contribution in [2.45, 2.75) is 6.92 Å². The van der Waals surface area contributed by atoms with Gasteiger partial charge in [-0.1, -0.05) is 0 Å². The molecule has 0 aliphatic carbocycles. The highest BCUT2D eigenvalue weighted by molar-refractivity contribution is 5.67. The average molecular weight is 326 g/mol. The molecule has 0 aliphatic heterocycles. The largest absolute Gasteiger partial charge is 0.381 e. The van der Waals surface area contributed by atoms with Gasteiger partial charge in [0.05, 0.1) is 11.9 Å². The Bertz CT molecular complexity index is 1070. The highest BCUT2D eigenvalue weighted by Crippen LogP contribution is 2.26. The summed E-state index contributed by atoms with van der Waals surface area (Å²) in [6, 6.07) is 4.35. The van der Waals surface area contributed by atoms with Crippen LogP contribution < -0.4 is 5.73 Å². The van der Waals surface area contributed by atoms with Crippen molar-refractivity contribution >= 4 is 11.5 Å². The SMILES string of the molecule is Cc1cnc(-c2ccn3c(-c4nc(N)c(F)cc4F)cnc3c2)[nH]1.